The molecule has 3 nitrogen and oxygen atoms in total. The molecule has 1 saturated carbocycles. The van der Waals surface area contributed by atoms with Crippen molar-refractivity contribution in [2.75, 3.05) is 0 Å². The molecule has 0 bridgehead atoms. The lowest BCUT2D eigenvalue weighted by atomic mass is 9.70. The zero-order valence-corrected chi connectivity index (χ0v) is 8.42. The highest BCUT2D eigenvalue weighted by molar-refractivity contribution is 5.75. The number of nitriles is 1. The third-order valence-electron chi connectivity index (χ3n) is 3.27. The lowest BCUT2D eigenvalue weighted by Gasteiger charge is -2.31. The first kappa shape index (κ1) is 10.8. The van der Waals surface area contributed by atoms with Gasteiger partial charge in [-0.3, -0.25) is 4.79 Å². The molecule has 3 heteroatoms. The van der Waals surface area contributed by atoms with E-state index in [4.69, 9.17) is 10.4 Å². The van der Waals surface area contributed by atoms with Crippen LogP contribution in [0.25, 0.3) is 0 Å². The number of hydrogen-bond acceptors (Lipinski definition) is 2. The Morgan fingerprint density at radius 3 is 2.36 bits per heavy atom. The van der Waals surface area contributed by atoms with Crippen LogP contribution in [0.2, 0.25) is 0 Å². The third-order valence-corrected chi connectivity index (χ3v) is 3.27. The Morgan fingerprint density at radius 1 is 1.57 bits per heavy atom. The van der Waals surface area contributed by atoms with Gasteiger partial charge in [0.25, 0.3) is 0 Å². The minimum atomic E-state index is -1.02. The Labute approximate surface area is 84.0 Å². The molecule has 1 rings (SSSR count). The lowest BCUT2D eigenvalue weighted by molar-refractivity contribution is -0.142. The summed E-state index contributed by atoms with van der Waals surface area (Å²) in [5, 5.41) is 17.9. The van der Waals surface area contributed by atoms with Crippen LogP contribution in [0.5, 0.6) is 0 Å². The molecule has 1 atom stereocenters. The van der Waals surface area contributed by atoms with Crippen molar-refractivity contribution >= 4 is 5.97 Å². The summed E-state index contributed by atoms with van der Waals surface area (Å²) in [6.07, 6.45) is 3.57. The van der Waals surface area contributed by atoms with Gasteiger partial charge in [-0.25, -0.2) is 0 Å². The quantitative estimate of drug-likeness (QED) is 0.700. The number of carboxylic acid groups (broad SMARTS) is 1. The van der Waals surface area contributed by atoms with Crippen molar-refractivity contribution in [1.82, 2.24) is 0 Å². The molecule has 0 heterocycles. The van der Waals surface area contributed by atoms with E-state index in [0.717, 1.165) is 31.3 Å². The molecule has 0 amide bonds. The van der Waals surface area contributed by atoms with Crippen molar-refractivity contribution in [1.29, 1.82) is 5.26 Å². The molecule has 0 aliphatic heterocycles. The van der Waals surface area contributed by atoms with Crippen molar-refractivity contribution in [3.05, 3.63) is 12.2 Å². The van der Waals surface area contributed by atoms with E-state index in [0.29, 0.717) is 0 Å². The number of nitrogens with zero attached hydrogens (tertiary/aromatic N) is 1. The Morgan fingerprint density at radius 2 is 2.07 bits per heavy atom. The molecule has 1 fully saturated rings. The van der Waals surface area contributed by atoms with Gasteiger partial charge < -0.3 is 5.11 Å². The van der Waals surface area contributed by atoms with Gasteiger partial charge >= 0.3 is 5.97 Å². The molecule has 1 aliphatic carbocycles. The second-order valence-corrected chi connectivity index (χ2v) is 4.04. The molecule has 14 heavy (non-hydrogen) atoms. The summed E-state index contributed by atoms with van der Waals surface area (Å²) < 4.78 is 0. The van der Waals surface area contributed by atoms with Gasteiger partial charge in [0.2, 0.25) is 0 Å². The number of hydrogen-bond donors (Lipinski definition) is 1. The van der Waals surface area contributed by atoms with Gasteiger partial charge in [0.05, 0.1) is 6.07 Å². The lowest BCUT2D eigenvalue weighted by Crippen LogP contribution is -2.33. The van der Waals surface area contributed by atoms with Crippen molar-refractivity contribution in [3.8, 4) is 6.07 Å². The van der Waals surface area contributed by atoms with Crippen molar-refractivity contribution in [3.63, 3.8) is 0 Å². The summed E-state index contributed by atoms with van der Waals surface area (Å²) in [4.78, 5) is 11.0. The minimum Gasteiger partial charge on any atom is -0.480 e. The largest absolute Gasteiger partial charge is 0.480 e. The van der Waals surface area contributed by atoms with Gasteiger partial charge in [-0.05, 0) is 19.8 Å². The molecule has 1 aliphatic rings. The van der Waals surface area contributed by atoms with Gasteiger partial charge in [-0.1, -0.05) is 25.0 Å². The molecule has 0 aromatic carbocycles. The molecule has 76 valence electrons. The van der Waals surface area contributed by atoms with Crippen molar-refractivity contribution < 1.29 is 9.90 Å². The van der Waals surface area contributed by atoms with Crippen molar-refractivity contribution in [2.45, 2.75) is 32.6 Å². The fourth-order valence-electron chi connectivity index (χ4n) is 2.38. The number of rotatable bonds is 3. The maximum Gasteiger partial charge on any atom is 0.321 e. The Hall–Kier alpha value is -1.30. The Bertz CT molecular complexity index is 295. The summed E-state index contributed by atoms with van der Waals surface area (Å²) >= 11 is 0. The fraction of sp³-hybridized carbons (Fsp3) is 0.636. The van der Waals surface area contributed by atoms with E-state index in [1.54, 1.807) is 0 Å². The van der Waals surface area contributed by atoms with Crippen LogP contribution >= 0.6 is 0 Å². The van der Waals surface area contributed by atoms with Crippen LogP contribution in [0.3, 0.4) is 0 Å². The highest BCUT2D eigenvalue weighted by Crippen LogP contribution is 2.49. The third kappa shape index (κ3) is 1.52. The summed E-state index contributed by atoms with van der Waals surface area (Å²) in [5.41, 5.74) is 0.365. The standard InChI is InChI=1S/C11H15NO2/c1-8(2)11(5-3-4-6-11)9(7-12)10(13)14/h9H,1,3-6H2,2H3,(H,13,14). The molecular weight excluding hydrogens is 178 g/mol. The number of aliphatic carboxylic acids is 1. The SMILES string of the molecule is C=C(C)C1(C(C#N)C(=O)O)CCCC1. The molecule has 0 aromatic heterocycles. The minimum absolute atomic E-state index is 0.472. The zero-order valence-electron chi connectivity index (χ0n) is 8.42. The average Bonchev–Trinajstić information content (AvgIpc) is 2.54. The van der Waals surface area contributed by atoms with E-state index in [9.17, 15) is 4.79 Å². The summed E-state index contributed by atoms with van der Waals surface area (Å²) in [6.45, 7) is 5.68. The highest BCUT2D eigenvalue weighted by Gasteiger charge is 2.46. The number of carbonyl (C=O) groups is 1. The average molecular weight is 193 g/mol. The monoisotopic (exact) mass is 193 g/mol. The molecular formula is C11H15NO2. The maximum atomic E-state index is 11.0. The van der Waals surface area contributed by atoms with E-state index >= 15 is 0 Å². The number of carboxylic acids is 1. The van der Waals surface area contributed by atoms with E-state index in [2.05, 4.69) is 6.58 Å². The van der Waals surface area contributed by atoms with Gasteiger partial charge in [0, 0.05) is 5.41 Å². The van der Waals surface area contributed by atoms with Gasteiger partial charge in [0.1, 0.15) is 0 Å². The predicted octanol–water partition coefficient (Wildman–Crippen LogP) is 2.35. The molecule has 1 unspecified atom stereocenters. The molecule has 0 spiro atoms. The van der Waals surface area contributed by atoms with Crippen LogP contribution in [0.15, 0.2) is 12.2 Å². The first-order chi connectivity index (χ1) is 6.54. The maximum absolute atomic E-state index is 11.0. The second-order valence-electron chi connectivity index (χ2n) is 4.04. The summed E-state index contributed by atoms with van der Waals surface area (Å²) in [6, 6.07) is 1.91. The van der Waals surface area contributed by atoms with Crippen LogP contribution in [0, 0.1) is 22.7 Å². The topological polar surface area (TPSA) is 61.1 Å². The van der Waals surface area contributed by atoms with E-state index in [-0.39, 0.29) is 0 Å². The van der Waals surface area contributed by atoms with E-state index in [1.807, 2.05) is 13.0 Å². The second kappa shape index (κ2) is 3.83. The van der Waals surface area contributed by atoms with Crippen LogP contribution in [0.1, 0.15) is 32.6 Å². The Balaban J connectivity index is 3.04. The van der Waals surface area contributed by atoms with Crippen LogP contribution in [0.4, 0.5) is 0 Å². The van der Waals surface area contributed by atoms with E-state index < -0.39 is 17.3 Å². The summed E-state index contributed by atoms with van der Waals surface area (Å²) in [5.74, 6) is -1.94. The smallest absolute Gasteiger partial charge is 0.321 e. The van der Waals surface area contributed by atoms with Gasteiger partial charge in [-0.2, -0.15) is 5.26 Å². The zero-order chi connectivity index (χ0) is 10.8. The fourth-order valence-corrected chi connectivity index (χ4v) is 2.38. The first-order valence-electron chi connectivity index (χ1n) is 4.83. The number of allylic oxidation sites excluding steroid dienone is 1. The molecule has 0 aromatic rings. The van der Waals surface area contributed by atoms with Crippen LogP contribution in [-0.4, -0.2) is 11.1 Å². The summed E-state index contributed by atoms with van der Waals surface area (Å²) in [7, 11) is 0. The normalized spacial score (nSPS) is 21.1. The van der Waals surface area contributed by atoms with Crippen molar-refractivity contribution in [2.24, 2.45) is 11.3 Å². The van der Waals surface area contributed by atoms with Crippen LogP contribution < -0.4 is 0 Å². The van der Waals surface area contributed by atoms with E-state index in [1.165, 1.54) is 0 Å². The highest BCUT2D eigenvalue weighted by atomic mass is 16.4. The van der Waals surface area contributed by atoms with Gasteiger partial charge in [-0.15, -0.1) is 0 Å². The van der Waals surface area contributed by atoms with Crippen LogP contribution in [-0.2, 0) is 4.79 Å². The molecule has 0 radical (unpaired) electrons. The molecule has 0 saturated heterocycles. The predicted molar refractivity (Wildman–Crippen MR) is 52.5 cm³/mol. The van der Waals surface area contributed by atoms with Gasteiger partial charge in [0.15, 0.2) is 5.92 Å². The Kier molecular flexibility index (Phi) is 2.95. The molecule has 1 N–H and O–H groups in total. The first-order valence-corrected chi connectivity index (χ1v) is 4.83.